The van der Waals surface area contributed by atoms with Crippen LogP contribution in [0.1, 0.15) is 0 Å². The third-order valence-electron chi connectivity index (χ3n) is 4.82. The highest BCUT2D eigenvalue weighted by Crippen LogP contribution is 2.37. The van der Waals surface area contributed by atoms with E-state index < -0.39 is 56.1 Å². The normalized spacial score (nSPS) is 11.6. The standard InChI is InChI=1S/C22H15F5N4O2S/c23-7-10-31-12-15(13-5-8-28-9-6-13)22(29-31)20-17(26)3-4-18(21(20)27)30-34(32,33)19-11-14(24)1-2-16(19)25/h1-6,8-9,11-12,30H,7,10H2. The molecular formula is C22H15F5N4O2S. The summed E-state index contributed by atoms with van der Waals surface area (Å²) in [6.45, 7) is -0.979. The van der Waals surface area contributed by atoms with Crippen LogP contribution in [0, 0.1) is 23.3 Å². The Morgan fingerprint density at radius 2 is 1.65 bits per heavy atom. The number of halogens is 5. The maximum absolute atomic E-state index is 15.5. The van der Waals surface area contributed by atoms with E-state index in [2.05, 4.69) is 10.1 Å². The zero-order valence-electron chi connectivity index (χ0n) is 17.1. The molecule has 0 radical (unpaired) electrons. The maximum Gasteiger partial charge on any atom is 0.265 e. The summed E-state index contributed by atoms with van der Waals surface area (Å²) in [6.07, 6.45) is 4.27. The number of aromatic nitrogens is 3. The summed E-state index contributed by atoms with van der Waals surface area (Å²) < 4.78 is 98.8. The van der Waals surface area contributed by atoms with Gasteiger partial charge in [-0.15, -0.1) is 0 Å². The molecule has 6 nitrogen and oxygen atoms in total. The van der Waals surface area contributed by atoms with Crippen LogP contribution in [0.3, 0.4) is 0 Å². The summed E-state index contributed by atoms with van der Waals surface area (Å²) in [5, 5.41) is 4.08. The van der Waals surface area contributed by atoms with Gasteiger partial charge in [0.25, 0.3) is 10.0 Å². The maximum atomic E-state index is 15.5. The number of hydrogen-bond donors (Lipinski definition) is 1. The quantitative estimate of drug-likeness (QED) is 0.370. The molecule has 4 rings (SSSR count). The summed E-state index contributed by atoms with van der Waals surface area (Å²) in [4.78, 5) is 2.83. The largest absolute Gasteiger partial charge is 0.277 e. The molecule has 4 aromatic rings. The second kappa shape index (κ2) is 9.21. The summed E-state index contributed by atoms with van der Waals surface area (Å²) in [6, 6.07) is 6.45. The van der Waals surface area contributed by atoms with Gasteiger partial charge in [0.05, 0.1) is 17.8 Å². The molecule has 34 heavy (non-hydrogen) atoms. The summed E-state index contributed by atoms with van der Waals surface area (Å²) >= 11 is 0. The third kappa shape index (κ3) is 4.49. The van der Waals surface area contributed by atoms with Gasteiger partial charge in [0.1, 0.15) is 34.7 Å². The van der Waals surface area contributed by atoms with E-state index >= 15 is 4.39 Å². The molecule has 0 aliphatic heterocycles. The van der Waals surface area contributed by atoms with Crippen LogP contribution in [-0.4, -0.2) is 29.9 Å². The summed E-state index contributed by atoms with van der Waals surface area (Å²) in [7, 11) is -4.78. The molecule has 12 heteroatoms. The molecule has 0 unspecified atom stereocenters. The second-order valence-corrected chi connectivity index (χ2v) is 8.69. The van der Waals surface area contributed by atoms with Crippen LogP contribution in [0.4, 0.5) is 27.6 Å². The Balaban J connectivity index is 1.84. The molecule has 0 amide bonds. The second-order valence-electron chi connectivity index (χ2n) is 7.04. The fraction of sp³-hybridized carbons (Fsp3) is 0.0909. The van der Waals surface area contributed by atoms with Crippen molar-refractivity contribution in [3.63, 3.8) is 0 Å². The Morgan fingerprint density at radius 3 is 2.35 bits per heavy atom. The van der Waals surface area contributed by atoms with Gasteiger partial charge >= 0.3 is 0 Å². The summed E-state index contributed by atoms with van der Waals surface area (Å²) in [5.74, 6) is -4.71. The minimum Gasteiger partial charge on any atom is -0.277 e. The lowest BCUT2D eigenvalue weighted by molar-refractivity contribution is 0.427. The van der Waals surface area contributed by atoms with Crippen molar-refractivity contribution in [3.8, 4) is 22.4 Å². The van der Waals surface area contributed by atoms with Crippen LogP contribution >= 0.6 is 0 Å². The SMILES string of the molecule is O=S(=O)(Nc1ccc(F)c(-c2nn(CCF)cc2-c2ccncc2)c1F)c1cc(F)ccc1F. The highest BCUT2D eigenvalue weighted by molar-refractivity contribution is 7.92. The predicted molar refractivity (Wildman–Crippen MR) is 114 cm³/mol. The lowest BCUT2D eigenvalue weighted by Gasteiger charge is -2.13. The monoisotopic (exact) mass is 494 g/mol. The van der Waals surface area contributed by atoms with E-state index in [0.717, 1.165) is 22.9 Å². The van der Waals surface area contributed by atoms with Gasteiger partial charge in [-0.2, -0.15) is 5.10 Å². The van der Waals surface area contributed by atoms with Crippen LogP contribution in [0.5, 0.6) is 0 Å². The van der Waals surface area contributed by atoms with Crippen molar-refractivity contribution in [2.75, 3.05) is 11.4 Å². The minimum atomic E-state index is -4.78. The minimum absolute atomic E-state index is 0.188. The van der Waals surface area contributed by atoms with Crippen LogP contribution in [0.2, 0.25) is 0 Å². The van der Waals surface area contributed by atoms with Crippen LogP contribution < -0.4 is 4.72 Å². The van der Waals surface area contributed by atoms with Crippen molar-refractivity contribution in [1.29, 1.82) is 0 Å². The van der Waals surface area contributed by atoms with E-state index in [4.69, 9.17) is 0 Å². The topological polar surface area (TPSA) is 76.9 Å². The van der Waals surface area contributed by atoms with Crippen LogP contribution in [0.25, 0.3) is 22.4 Å². The molecule has 0 aliphatic rings. The van der Waals surface area contributed by atoms with E-state index in [-0.39, 0.29) is 17.8 Å². The lowest BCUT2D eigenvalue weighted by Crippen LogP contribution is -2.16. The molecular weight excluding hydrogens is 479 g/mol. The van der Waals surface area contributed by atoms with Crippen molar-refractivity contribution in [1.82, 2.24) is 14.8 Å². The molecule has 2 aromatic carbocycles. The number of rotatable bonds is 7. The zero-order chi connectivity index (χ0) is 24.5. The van der Waals surface area contributed by atoms with Gasteiger partial charge in [0.15, 0.2) is 5.82 Å². The molecule has 0 saturated heterocycles. The first-order valence-corrected chi connectivity index (χ1v) is 11.2. The number of hydrogen-bond acceptors (Lipinski definition) is 4. The number of alkyl halides is 1. The van der Waals surface area contributed by atoms with Gasteiger partial charge in [0, 0.05) is 24.2 Å². The van der Waals surface area contributed by atoms with Gasteiger partial charge in [-0.05, 0) is 48.0 Å². The molecule has 0 saturated carbocycles. The molecule has 2 aromatic heterocycles. The fourth-order valence-corrected chi connectivity index (χ4v) is 4.43. The number of sulfonamides is 1. The Kier molecular flexibility index (Phi) is 6.33. The van der Waals surface area contributed by atoms with Gasteiger partial charge < -0.3 is 0 Å². The molecule has 1 N–H and O–H groups in total. The van der Waals surface area contributed by atoms with E-state index in [0.29, 0.717) is 17.7 Å². The summed E-state index contributed by atoms with van der Waals surface area (Å²) in [5.41, 5.74) is -0.913. The number of anilines is 1. The van der Waals surface area contributed by atoms with Crippen molar-refractivity contribution >= 4 is 15.7 Å². The number of pyridine rings is 1. The molecule has 0 atom stereocenters. The molecule has 176 valence electrons. The van der Waals surface area contributed by atoms with Crippen molar-refractivity contribution in [3.05, 3.63) is 84.3 Å². The smallest absolute Gasteiger partial charge is 0.265 e. The predicted octanol–water partition coefficient (Wildman–Crippen LogP) is 4.94. The van der Waals surface area contributed by atoms with Gasteiger partial charge in [0.2, 0.25) is 0 Å². The van der Waals surface area contributed by atoms with Gasteiger partial charge in [-0.25, -0.2) is 30.4 Å². The zero-order valence-corrected chi connectivity index (χ0v) is 18.0. The fourth-order valence-electron chi connectivity index (χ4n) is 3.28. The van der Waals surface area contributed by atoms with E-state index in [1.807, 2.05) is 4.72 Å². The average Bonchev–Trinajstić information content (AvgIpc) is 3.21. The number of aryl methyl sites for hydroxylation is 1. The molecule has 2 heterocycles. The van der Waals surface area contributed by atoms with Crippen LogP contribution in [-0.2, 0) is 16.6 Å². The Hall–Kier alpha value is -3.80. The Labute approximate surface area is 190 Å². The highest BCUT2D eigenvalue weighted by Gasteiger charge is 2.26. The Bertz CT molecular complexity index is 1460. The molecule has 0 fully saturated rings. The number of nitrogens with zero attached hydrogens (tertiary/aromatic N) is 3. The van der Waals surface area contributed by atoms with E-state index in [1.165, 1.54) is 18.6 Å². The number of nitrogens with one attached hydrogen (secondary N) is 1. The average molecular weight is 494 g/mol. The highest BCUT2D eigenvalue weighted by atomic mass is 32.2. The molecule has 0 bridgehead atoms. The number of benzene rings is 2. The van der Waals surface area contributed by atoms with Gasteiger partial charge in [-0.3, -0.25) is 14.4 Å². The lowest BCUT2D eigenvalue weighted by atomic mass is 10.0. The third-order valence-corrected chi connectivity index (χ3v) is 6.20. The first-order valence-electron chi connectivity index (χ1n) is 9.71. The van der Waals surface area contributed by atoms with Gasteiger partial charge in [-0.1, -0.05) is 0 Å². The first-order chi connectivity index (χ1) is 16.2. The molecule has 0 spiro atoms. The Morgan fingerprint density at radius 1 is 0.941 bits per heavy atom. The molecule has 0 aliphatic carbocycles. The van der Waals surface area contributed by atoms with Crippen molar-refractivity contribution in [2.45, 2.75) is 11.4 Å². The van der Waals surface area contributed by atoms with Crippen molar-refractivity contribution in [2.24, 2.45) is 0 Å². The van der Waals surface area contributed by atoms with E-state index in [9.17, 15) is 26.0 Å². The van der Waals surface area contributed by atoms with E-state index in [1.54, 1.807) is 12.1 Å². The van der Waals surface area contributed by atoms with Crippen LogP contribution in [0.15, 0.2) is 66.0 Å². The van der Waals surface area contributed by atoms with Crippen molar-refractivity contribution < 1.29 is 30.4 Å². The first kappa shape index (κ1) is 23.4.